The van der Waals surface area contributed by atoms with E-state index in [0.717, 1.165) is 5.39 Å². The lowest BCUT2D eigenvalue weighted by Gasteiger charge is -2.11. The number of nitrogens with zero attached hydrogens (tertiary/aromatic N) is 4. The highest BCUT2D eigenvalue weighted by Gasteiger charge is 2.17. The van der Waals surface area contributed by atoms with Gasteiger partial charge in [0.05, 0.1) is 4.90 Å². The van der Waals surface area contributed by atoms with E-state index >= 15 is 0 Å². The van der Waals surface area contributed by atoms with Crippen LogP contribution in [0.2, 0.25) is 0 Å². The quantitative estimate of drug-likeness (QED) is 0.417. The largest absolute Gasteiger partial charge is 0.439 e. The molecule has 3 aromatic carbocycles. The Morgan fingerprint density at radius 2 is 1.72 bits per heavy atom. The maximum atomic E-state index is 13.0. The van der Waals surface area contributed by atoms with Crippen molar-refractivity contribution in [2.45, 2.75) is 4.90 Å². The molecule has 32 heavy (non-hydrogen) atoms. The summed E-state index contributed by atoms with van der Waals surface area (Å²) >= 11 is 0. The molecule has 8 nitrogen and oxygen atoms in total. The molecule has 0 amide bonds. The monoisotopic (exact) mass is 443 g/mol. The molecule has 1 N–H and O–H groups in total. The van der Waals surface area contributed by atoms with Crippen molar-refractivity contribution in [2.24, 2.45) is 0 Å². The fourth-order valence-corrected chi connectivity index (χ4v) is 4.56. The number of aromatic nitrogens is 4. The van der Waals surface area contributed by atoms with Crippen LogP contribution in [0.3, 0.4) is 0 Å². The molecule has 0 radical (unpaired) electrons. The Morgan fingerprint density at radius 1 is 0.906 bits per heavy atom. The number of imidazole rings is 1. The number of anilines is 1. The van der Waals surface area contributed by atoms with E-state index < -0.39 is 10.0 Å². The highest BCUT2D eigenvalue weighted by atomic mass is 32.2. The van der Waals surface area contributed by atoms with Crippen LogP contribution in [0.5, 0.6) is 11.6 Å². The zero-order chi connectivity index (χ0) is 22.0. The maximum absolute atomic E-state index is 13.0. The molecule has 0 saturated heterocycles. The summed E-state index contributed by atoms with van der Waals surface area (Å²) in [5.74, 6) is 1.48. The molecule has 0 fully saturated rings. The van der Waals surface area contributed by atoms with Gasteiger partial charge in [0, 0.05) is 29.5 Å². The normalized spacial score (nSPS) is 11.4. The molecule has 0 aliphatic carbocycles. The zero-order valence-electron chi connectivity index (χ0n) is 16.7. The average Bonchev–Trinajstić information content (AvgIpc) is 3.35. The van der Waals surface area contributed by atoms with Gasteiger partial charge in [-0.2, -0.15) is 0 Å². The van der Waals surface area contributed by atoms with Crippen LogP contribution >= 0.6 is 0 Å². The van der Waals surface area contributed by atoms with E-state index in [1.54, 1.807) is 71.8 Å². The Morgan fingerprint density at radius 3 is 2.53 bits per heavy atom. The third-order valence-electron chi connectivity index (χ3n) is 4.76. The van der Waals surface area contributed by atoms with E-state index in [9.17, 15) is 8.42 Å². The molecule has 0 atom stereocenters. The van der Waals surface area contributed by atoms with Crippen molar-refractivity contribution in [3.63, 3.8) is 0 Å². The summed E-state index contributed by atoms with van der Waals surface area (Å²) in [6.07, 6.45) is 6.45. The Balaban J connectivity index is 1.34. The first kappa shape index (κ1) is 19.7. The molecule has 0 bridgehead atoms. The lowest BCUT2D eigenvalue weighted by Crippen LogP contribution is -2.13. The van der Waals surface area contributed by atoms with Crippen molar-refractivity contribution in [3.8, 4) is 17.4 Å². The number of benzene rings is 3. The third-order valence-corrected chi connectivity index (χ3v) is 6.20. The van der Waals surface area contributed by atoms with Gasteiger partial charge in [0.25, 0.3) is 10.0 Å². The van der Waals surface area contributed by atoms with Crippen molar-refractivity contribution < 1.29 is 13.2 Å². The third kappa shape index (κ3) is 4.01. The predicted molar refractivity (Wildman–Crippen MR) is 120 cm³/mol. The highest BCUT2D eigenvalue weighted by molar-refractivity contribution is 7.93. The topological polar surface area (TPSA) is 99.0 Å². The second-order valence-corrected chi connectivity index (χ2v) is 8.54. The van der Waals surface area contributed by atoms with Crippen LogP contribution in [0, 0.1) is 0 Å². The van der Waals surface area contributed by atoms with Gasteiger partial charge in [-0.05, 0) is 35.7 Å². The van der Waals surface area contributed by atoms with Crippen LogP contribution < -0.4 is 9.46 Å². The summed E-state index contributed by atoms with van der Waals surface area (Å²) < 4.78 is 36.1. The molecule has 0 aliphatic rings. The van der Waals surface area contributed by atoms with Gasteiger partial charge in [-0.25, -0.2) is 23.4 Å². The fraction of sp³-hybridized carbons (Fsp3) is 0. The maximum Gasteiger partial charge on any atom is 0.262 e. The molecule has 5 aromatic rings. The second kappa shape index (κ2) is 8.12. The molecular weight excluding hydrogens is 426 g/mol. The van der Waals surface area contributed by atoms with Gasteiger partial charge in [0.2, 0.25) is 5.88 Å². The summed E-state index contributed by atoms with van der Waals surface area (Å²) in [5, 5.41) is 1.53. The SMILES string of the molecule is O=S(=O)(Nc1ccc(Oc2cc(-n3ccnc3)ncn2)cc1)c1cccc2ccccc12. The zero-order valence-corrected chi connectivity index (χ0v) is 17.5. The van der Waals surface area contributed by atoms with Crippen LogP contribution in [0.25, 0.3) is 16.6 Å². The number of fused-ring (bicyclic) bond motifs is 1. The Hall–Kier alpha value is -4.24. The van der Waals surface area contributed by atoms with Crippen LogP contribution in [-0.4, -0.2) is 27.9 Å². The summed E-state index contributed by atoms with van der Waals surface area (Å²) in [5.41, 5.74) is 0.423. The van der Waals surface area contributed by atoms with Gasteiger partial charge in [0.1, 0.15) is 24.2 Å². The standard InChI is InChI=1S/C23H17N5O3S/c29-32(30,21-7-3-5-17-4-1-2-6-20(17)21)27-18-8-10-19(11-9-18)31-23-14-22(25-15-26-23)28-13-12-24-16-28/h1-16,27H. The van der Waals surface area contributed by atoms with Gasteiger partial charge in [-0.15, -0.1) is 0 Å². The van der Waals surface area contributed by atoms with E-state index in [2.05, 4.69) is 19.7 Å². The van der Waals surface area contributed by atoms with Gasteiger partial charge in [0.15, 0.2) is 0 Å². The minimum Gasteiger partial charge on any atom is -0.439 e. The Kier molecular flexibility index (Phi) is 5.00. The predicted octanol–water partition coefficient (Wildman–Crippen LogP) is 4.41. The molecular formula is C23H17N5O3S. The van der Waals surface area contributed by atoms with Crippen LogP contribution in [0.15, 0.2) is 103 Å². The first-order valence-electron chi connectivity index (χ1n) is 9.67. The molecule has 0 aliphatic heterocycles. The van der Waals surface area contributed by atoms with Crippen LogP contribution in [0.4, 0.5) is 5.69 Å². The number of ether oxygens (including phenoxy) is 1. The lowest BCUT2D eigenvalue weighted by molar-refractivity contribution is 0.461. The van der Waals surface area contributed by atoms with Crippen molar-refractivity contribution in [1.82, 2.24) is 19.5 Å². The van der Waals surface area contributed by atoms with Crippen molar-refractivity contribution in [2.75, 3.05) is 4.72 Å². The molecule has 0 unspecified atom stereocenters. The molecule has 5 rings (SSSR count). The van der Waals surface area contributed by atoms with Crippen molar-refractivity contribution >= 4 is 26.5 Å². The number of hydrogen-bond acceptors (Lipinski definition) is 6. The van der Waals surface area contributed by atoms with Crippen molar-refractivity contribution in [1.29, 1.82) is 0 Å². The molecule has 0 saturated carbocycles. The van der Waals surface area contributed by atoms with E-state index in [4.69, 9.17) is 4.74 Å². The van der Waals surface area contributed by atoms with Crippen molar-refractivity contribution in [3.05, 3.63) is 97.8 Å². The summed E-state index contributed by atoms with van der Waals surface area (Å²) in [6, 6.07) is 20.9. The van der Waals surface area contributed by atoms with E-state index in [1.165, 1.54) is 6.33 Å². The van der Waals surface area contributed by atoms with E-state index in [0.29, 0.717) is 28.5 Å². The Labute approximate surface area is 184 Å². The molecule has 9 heteroatoms. The first-order valence-corrected chi connectivity index (χ1v) is 11.2. The molecule has 2 aromatic heterocycles. The highest BCUT2D eigenvalue weighted by Crippen LogP contribution is 2.27. The summed E-state index contributed by atoms with van der Waals surface area (Å²) in [7, 11) is -3.76. The number of rotatable bonds is 6. The molecule has 2 heterocycles. The Bertz CT molecular complexity index is 1480. The first-order chi connectivity index (χ1) is 15.6. The minimum absolute atomic E-state index is 0.226. The van der Waals surface area contributed by atoms with Gasteiger partial charge in [-0.3, -0.25) is 9.29 Å². The molecule has 0 spiro atoms. The van der Waals surface area contributed by atoms with Gasteiger partial charge in [-0.1, -0.05) is 36.4 Å². The van der Waals surface area contributed by atoms with E-state index in [1.807, 2.05) is 24.3 Å². The minimum atomic E-state index is -3.76. The van der Waals surface area contributed by atoms with E-state index in [-0.39, 0.29) is 4.90 Å². The average molecular weight is 443 g/mol. The smallest absolute Gasteiger partial charge is 0.262 e. The van der Waals surface area contributed by atoms with Gasteiger partial charge >= 0.3 is 0 Å². The van der Waals surface area contributed by atoms with Gasteiger partial charge < -0.3 is 4.74 Å². The number of hydrogen-bond donors (Lipinski definition) is 1. The second-order valence-electron chi connectivity index (χ2n) is 6.89. The number of sulfonamides is 1. The fourth-order valence-electron chi connectivity index (χ4n) is 3.27. The number of nitrogens with one attached hydrogen (secondary N) is 1. The van der Waals surface area contributed by atoms with Crippen LogP contribution in [-0.2, 0) is 10.0 Å². The van der Waals surface area contributed by atoms with Crippen LogP contribution in [0.1, 0.15) is 0 Å². The molecule has 158 valence electrons. The lowest BCUT2D eigenvalue weighted by atomic mass is 10.1. The summed E-state index contributed by atoms with van der Waals surface area (Å²) in [6.45, 7) is 0. The summed E-state index contributed by atoms with van der Waals surface area (Å²) in [4.78, 5) is 12.5.